The Labute approximate surface area is 144 Å². The maximum absolute atomic E-state index is 4.19. The van der Waals surface area contributed by atoms with Crippen LogP contribution in [-0.4, -0.2) is 12.5 Å². The van der Waals surface area contributed by atoms with Crippen molar-refractivity contribution in [1.82, 2.24) is 9.97 Å². The summed E-state index contributed by atoms with van der Waals surface area (Å²) in [6.07, 6.45) is 3.54. The Morgan fingerprint density at radius 3 is 1.29 bits per heavy atom. The number of nitrogens with zero attached hydrogens (tertiary/aromatic N) is 2. The van der Waals surface area contributed by atoms with Crippen LogP contribution in [0.1, 0.15) is 0 Å². The van der Waals surface area contributed by atoms with Crippen LogP contribution in [0.2, 0.25) is 0 Å². The van der Waals surface area contributed by atoms with Crippen LogP contribution in [0.4, 0.5) is 0 Å². The van der Waals surface area contributed by atoms with Gasteiger partial charge in [0.2, 0.25) is 0 Å². The van der Waals surface area contributed by atoms with Crippen LogP contribution >= 0.6 is 74.5 Å². The van der Waals surface area contributed by atoms with Gasteiger partial charge in [0.05, 0.1) is 11.4 Å². The Hall–Kier alpha value is 2.02. The van der Waals surface area contributed by atoms with Gasteiger partial charge in [0, 0.05) is 12.4 Å². The Morgan fingerprint density at radius 1 is 0.706 bits per heavy atom. The second kappa shape index (κ2) is 9.05. The summed E-state index contributed by atoms with van der Waals surface area (Å²) in [4.78, 5) is 8.37. The van der Waals surface area contributed by atoms with E-state index in [2.05, 4.69) is 84.5 Å². The van der Waals surface area contributed by atoms with E-state index in [0.29, 0.717) is 0 Å². The van der Waals surface area contributed by atoms with Crippen molar-refractivity contribution in [3.63, 3.8) is 0 Å². The Bertz CT molecular complexity index is 390. The van der Waals surface area contributed by atoms with Crippen LogP contribution in [0.25, 0.3) is 11.4 Å². The summed E-state index contributed by atoms with van der Waals surface area (Å²) < 4.78 is -1.30. The van der Waals surface area contributed by atoms with Crippen molar-refractivity contribution in [2.24, 2.45) is 0 Å². The van der Waals surface area contributed by atoms with E-state index >= 15 is 0 Å². The number of halogens is 4. The molecule has 0 radical (unpaired) electrons. The summed E-state index contributed by atoms with van der Waals surface area (Å²) >= 11 is 10.2. The average molecular weight is 783 g/mol. The molecular formula is C10H8I4N2Sn. The molecule has 7 heteroatoms. The normalized spacial score (nSPS) is 10.4. The van der Waals surface area contributed by atoms with Gasteiger partial charge in [0.25, 0.3) is 0 Å². The molecular weight excluding hydrogens is 774 g/mol. The van der Waals surface area contributed by atoms with E-state index < -0.39 is 2.50 Å². The van der Waals surface area contributed by atoms with Crippen molar-refractivity contribution in [1.29, 1.82) is 0 Å². The Morgan fingerprint density at radius 2 is 1.06 bits per heavy atom. The second-order valence-corrected chi connectivity index (χ2v) is 132. The molecule has 0 spiro atoms. The van der Waals surface area contributed by atoms with E-state index in [1.54, 1.807) is 12.4 Å². The first-order valence-electron chi connectivity index (χ1n) is 4.55. The van der Waals surface area contributed by atoms with Crippen molar-refractivity contribution in [2.45, 2.75) is 0 Å². The van der Waals surface area contributed by atoms with Gasteiger partial charge in [0.15, 0.2) is 0 Å². The first kappa shape index (κ1) is 17.1. The third kappa shape index (κ3) is 9.54. The van der Waals surface area contributed by atoms with E-state index in [4.69, 9.17) is 0 Å². The van der Waals surface area contributed by atoms with Gasteiger partial charge in [-0.3, -0.25) is 9.97 Å². The minimum Gasteiger partial charge on any atom is -0.255 e. The molecule has 2 aromatic heterocycles. The molecule has 0 saturated carbocycles. The summed E-state index contributed by atoms with van der Waals surface area (Å²) in [6.45, 7) is 0. The molecule has 0 aromatic carbocycles. The van der Waals surface area contributed by atoms with Gasteiger partial charge in [-0.15, -0.1) is 0 Å². The second-order valence-electron chi connectivity index (χ2n) is 2.86. The number of aromatic nitrogens is 2. The van der Waals surface area contributed by atoms with Gasteiger partial charge in [0.1, 0.15) is 0 Å². The number of pyridine rings is 2. The fourth-order valence-electron chi connectivity index (χ4n) is 1.03. The summed E-state index contributed by atoms with van der Waals surface area (Å²) in [6, 6.07) is 11.6. The van der Waals surface area contributed by atoms with Crippen LogP contribution in [0.15, 0.2) is 48.8 Å². The Balaban J connectivity index is 0.000000249. The van der Waals surface area contributed by atoms with E-state index in [-0.39, 0.29) is 0 Å². The standard InChI is InChI=1S/C10H8N2.4HI.Sn/c1-3-7-11-9(5-1)10-6-2-4-8-12-10;;;;;/h1-8H;4*1H;/q;;;;;+4/p-4. The largest absolute Gasteiger partial charge is 0.255 e. The van der Waals surface area contributed by atoms with Crippen molar-refractivity contribution in [3.8, 4) is 11.4 Å². The molecule has 0 unspecified atom stereocenters. The molecule has 0 aliphatic carbocycles. The summed E-state index contributed by atoms with van der Waals surface area (Å²) in [5.74, 6) is 0. The van der Waals surface area contributed by atoms with Gasteiger partial charge in [-0.25, -0.2) is 0 Å². The van der Waals surface area contributed by atoms with Crippen molar-refractivity contribution >= 4 is 77.0 Å². The molecule has 0 atom stereocenters. The predicted molar refractivity (Wildman–Crippen MR) is 109 cm³/mol. The van der Waals surface area contributed by atoms with E-state index in [1.807, 2.05) is 36.4 Å². The van der Waals surface area contributed by atoms with Crippen LogP contribution in [0, 0.1) is 0 Å². The van der Waals surface area contributed by atoms with Crippen LogP contribution < -0.4 is 0 Å². The Kier molecular flexibility index (Phi) is 9.08. The van der Waals surface area contributed by atoms with Gasteiger partial charge in [-0.2, -0.15) is 0 Å². The quantitative estimate of drug-likeness (QED) is 0.290. The molecule has 2 nitrogen and oxygen atoms in total. The molecule has 0 N–H and O–H groups in total. The fourth-order valence-corrected chi connectivity index (χ4v) is 1.03. The van der Waals surface area contributed by atoms with Gasteiger partial charge >= 0.3 is 77.0 Å². The summed E-state index contributed by atoms with van der Waals surface area (Å²) in [5, 5.41) is 0. The summed E-state index contributed by atoms with van der Waals surface area (Å²) in [5.41, 5.74) is 1.83. The maximum atomic E-state index is 4.19. The molecule has 0 amide bonds. The zero-order valence-electron chi connectivity index (χ0n) is 8.53. The first-order chi connectivity index (χ1) is 7.97. The maximum Gasteiger partial charge on any atom is 0.0886 e. The first-order valence-corrected chi connectivity index (χ1v) is 37.8. The SMILES string of the molecule is [I][Sn]([I])([I])[I].c1ccc(-c2ccccn2)nc1. The zero-order valence-corrected chi connectivity index (χ0v) is 20.0. The topological polar surface area (TPSA) is 25.8 Å². The van der Waals surface area contributed by atoms with Gasteiger partial charge in [-0.1, -0.05) is 12.1 Å². The molecule has 2 heterocycles. The molecule has 0 aliphatic heterocycles. The summed E-state index contributed by atoms with van der Waals surface area (Å²) in [7, 11) is 0. The fraction of sp³-hybridized carbons (Fsp3) is 0. The third-order valence-corrected chi connectivity index (χ3v) is 1.59. The van der Waals surface area contributed by atoms with E-state index in [9.17, 15) is 0 Å². The van der Waals surface area contributed by atoms with Crippen LogP contribution in [0.3, 0.4) is 0 Å². The van der Waals surface area contributed by atoms with Crippen molar-refractivity contribution < 1.29 is 0 Å². The minimum absolute atomic E-state index is 0.915. The molecule has 90 valence electrons. The van der Waals surface area contributed by atoms with E-state index in [1.165, 1.54) is 0 Å². The zero-order chi connectivity index (χ0) is 12.7. The van der Waals surface area contributed by atoms with Gasteiger partial charge in [-0.05, 0) is 24.3 Å². The van der Waals surface area contributed by atoms with Crippen molar-refractivity contribution in [2.75, 3.05) is 0 Å². The molecule has 2 aromatic rings. The van der Waals surface area contributed by atoms with Crippen LogP contribution in [0.5, 0.6) is 0 Å². The molecule has 0 aliphatic rings. The molecule has 0 fully saturated rings. The van der Waals surface area contributed by atoms with E-state index in [0.717, 1.165) is 11.4 Å². The monoisotopic (exact) mass is 784 g/mol. The van der Waals surface area contributed by atoms with Gasteiger partial charge < -0.3 is 0 Å². The number of hydrogen-bond donors (Lipinski definition) is 0. The number of rotatable bonds is 1. The smallest absolute Gasteiger partial charge is 0.0886 e. The number of hydrogen-bond acceptors (Lipinski definition) is 2. The van der Waals surface area contributed by atoms with Crippen LogP contribution in [-0.2, 0) is 0 Å². The average Bonchev–Trinajstić information content (AvgIpc) is 2.29. The third-order valence-electron chi connectivity index (χ3n) is 1.59. The molecule has 0 saturated heterocycles. The minimum atomic E-state index is -1.30. The predicted octanol–water partition coefficient (Wildman–Crippen LogP) is 5.31. The molecule has 2 rings (SSSR count). The molecule has 17 heavy (non-hydrogen) atoms. The van der Waals surface area contributed by atoms with Crippen molar-refractivity contribution in [3.05, 3.63) is 48.8 Å². The molecule has 0 bridgehead atoms.